The first-order valence-corrected chi connectivity index (χ1v) is 9.56. The minimum Gasteiger partial charge on any atom is -0.374 e. The molecule has 2 nitrogen and oxygen atoms in total. The number of nitriles is 1. The van der Waals surface area contributed by atoms with Gasteiger partial charge in [-0.1, -0.05) is 43.7 Å². The van der Waals surface area contributed by atoms with Crippen LogP contribution >= 0.6 is 0 Å². The number of unbranched alkanes of at least 4 members (excludes halogenated alkanes) is 1. The fraction of sp³-hybridized carbons (Fsp3) is 0.591. The van der Waals surface area contributed by atoms with Crippen molar-refractivity contribution in [1.29, 1.82) is 5.26 Å². The Balaban J connectivity index is 1.63. The van der Waals surface area contributed by atoms with Crippen molar-refractivity contribution in [3.63, 3.8) is 0 Å². The molecule has 2 rings (SSSR count). The van der Waals surface area contributed by atoms with Crippen LogP contribution in [0.1, 0.15) is 69.4 Å². The van der Waals surface area contributed by atoms with Gasteiger partial charge in [-0.05, 0) is 68.4 Å². The third-order valence-corrected chi connectivity index (χ3v) is 5.06. The van der Waals surface area contributed by atoms with Crippen LogP contribution in [0.3, 0.4) is 0 Å². The quantitative estimate of drug-likeness (QED) is 0.524. The zero-order chi connectivity index (χ0) is 17.0. The number of rotatable bonds is 9. The molecule has 0 heterocycles. The van der Waals surface area contributed by atoms with Gasteiger partial charge in [0.2, 0.25) is 0 Å². The number of aryl methyl sites for hydroxylation is 1. The molecule has 0 amide bonds. The molecule has 0 radical (unpaired) electrons. The van der Waals surface area contributed by atoms with Crippen molar-refractivity contribution in [2.24, 2.45) is 5.92 Å². The number of hydrogen-bond donors (Lipinski definition) is 0. The number of allylic oxidation sites excluding steroid dienone is 2. The molecular weight excluding hydrogens is 294 g/mol. The molecule has 0 unspecified atom stereocenters. The summed E-state index contributed by atoms with van der Waals surface area (Å²) >= 11 is 0. The molecule has 130 valence electrons. The van der Waals surface area contributed by atoms with Crippen LogP contribution in [0.25, 0.3) is 0 Å². The summed E-state index contributed by atoms with van der Waals surface area (Å²) in [7, 11) is 0. The average Bonchev–Trinajstić information content (AvgIpc) is 2.64. The average molecular weight is 325 g/mol. The molecule has 1 aromatic carbocycles. The Morgan fingerprint density at radius 3 is 2.50 bits per heavy atom. The van der Waals surface area contributed by atoms with Crippen LogP contribution in [0.4, 0.5) is 0 Å². The summed E-state index contributed by atoms with van der Waals surface area (Å²) in [5.74, 6) is 0.811. The van der Waals surface area contributed by atoms with Crippen LogP contribution in [0.2, 0.25) is 0 Å². The molecule has 0 atom stereocenters. The van der Waals surface area contributed by atoms with Gasteiger partial charge in [0.05, 0.1) is 18.8 Å². The van der Waals surface area contributed by atoms with Gasteiger partial charge in [0, 0.05) is 6.08 Å². The molecule has 1 fully saturated rings. The van der Waals surface area contributed by atoms with Crippen molar-refractivity contribution in [3.8, 4) is 6.07 Å². The first-order valence-electron chi connectivity index (χ1n) is 9.56. The monoisotopic (exact) mass is 325 g/mol. The van der Waals surface area contributed by atoms with Crippen LogP contribution in [0.15, 0.2) is 36.4 Å². The zero-order valence-corrected chi connectivity index (χ0v) is 15.0. The molecule has 2 heteroatoms. The highest BCUT2D eigenvalue weighted by Gasteiger charge is 2.21. The van der Waals surface area contributed by atoms with E-state index < -0.39 is 0 Å². The minimum atomic E-state index is 0.427. The van der Waals surface area contributed by atoms with E-state index >= 15 is 0 Å². The molecule has 1 aliphatic carbocycles. The Hall–Kier alpha value is -1.59. The topological polar surface area (TPSA) is 33.0 Å². The van der Waals surface area contributed by atoms with Crippen LogP contribution in [-0.2, 0) is 17.8 Å². The van der Waals surface area contributed by atoms with E-state index in [-0.39, 0.29) is 0 Å². The van der Waals surface area contributed by atoms with E-state index in [1.807, 2.05) is 6.08 Å². The Bertz CT molecular complexity index is 518. The summed E-state index contributed by atoms with van der Waals surface area (Å²) < 4.78 is 6.12. The van der Waals surface area contributed by atoms with Gasteiger partial charge in [-0.2, -0.15) is 5.26 Å². The Morgan fingerprint density at radius 2 is 1.83 bits per heavy atom. The molecule has 0 saturated heterocycles. The van der Waals surface area contributed by atoms with Crippen molar-refractivity contribution in [2.75, 3.05) is 0 Å². The molecular formula is C22H31NO. The fourth-order valence-electron chi connectivity index (χ4n) is 3.45. The maximum absolute atomic E-state index is 8.49. The third kappa shape index (κ3) is 6.89. The summed E-state index contributed by atoms with van der Waals surface area (Å²) in [6.45, 7) is 2.98. The first-order chi connectivity index (χ1) is 11.8. The standard InChI is InChI=1S/C22H31NO/c1-2-3-7-19-9-11-21(12-10-19)18-24-22-15-13-20(14-16-22)8-5-4-6-17-23/h4,6,9-12,20,22H,2-3,5,7-8,13-16,18H2,1H3/t20-,22-. The van der Waals surface area contributed by atoms with Crippen LogP contribution in [0, 0.1) is 17.2 Å². The van der Waals surface area contributed by atoms with E-state index in [4.69, 9.17) is 10.00 Å². The van der Waals surface area contributed by atoms with Gasteiger partial charge in [0.25, 0.3) is 0 Å². The number of benzene rings is 1. The van der Waals surface area contributed by atoms with Crippen molar-refractivity contribution < 1.29 is 4.74 Å². The van der Waals surface area contributed by atoms with Crippen molar-refractivity contribution in [2.45, 2.75) is 77.4 Å². The summed E-state index contributed by atoms with van der Waals surface area (Å²) in [6.07, 6.45) is 14.9. The van der Waals surface area contributed by atoms with Gasteiger partial charge in [0.1, 0.15) is 0 Å². The zero-order valence-electron chi connectivity index (χ0n) is 15.0. The van der Waals surface area contributed by atoms with E-state index in [1.165, 1.54) is 62.5 Å². The van der Waals surface area contributed by atoms with Crippen LogP contribution in [-0.4, -0.2) is 6.10 Å². The van der Waals surface area contributed by atoms with Gasteiger partial charge in [-0.25, -0.2) is 0 Å². The van der Waals surface area contributed by atoms with Crippen molar-refractivity contribution in [1.82, 2.24) is 0 Å². The van der Waals surface area contributed by atoms with E-state index in [9.17, 15) is 0 Å². The lowest BCUT2D eigenvalue weighted by Crippen LogP contribution is -2.21. The molecule has 0 spiro atoms. The predicted octanol–water partition coefficient (Wildman–Crippen LogP) is 5.96. The second-order valence-corrected chi connectivity index (χ2v) is 6.98. The van der Waals surface area contributed by atoms with Gasteiger partial charge in [0.15, 0.2) is 0 Å². The van der Waals surface area contributed by atoms with Crippen molar-refractivity contribution >= 4 is 0 Å². The second kappa shape index (κ2) is 11.0. The van der Waals surface area contributed by atoms with Gasteiger partial charge >= 0.3 is 0 Å². The van der Waals surface area contributed by atoms with Crippen LogP contribution < -0.4 is 0 Å². The molecule has 1 saturated carbocycles. The predicted molar refractivity (Wildman–Crippen MR) is 99.6 cm³/mol. The molecule has 0 N–H and O–H groups in total. The largest absolute Gasteiger partial charge is 0.374 e. The number of nitrogens with zero attached hydrogens (tertiary/aromatic N) is 1. The maximum atomic E-state index is 8.49. The molecule has 0 aromatic heterocycles. The van der Waals surface area contributed by atoms with Gasteiger partial charge < -0.3 is 4.74 Å². The molecule has 0 bridgehead atoms. The lowest BCUT2D eigenvalue weighted by atomic mass is 9.84. The number of hydrogen-bond acceptors (Lipinski definition) is 2. The molecule has 1 aliphatic rings. The van der Waals surface area contributed by atoms with E-state index in [2.05, 4.69) is 37.3 Å². The molecule has 1 aromatic rings. The third-order valence-electron chi connectivity index (χ3n) is 5.06. The lowest BCUT2D eigenvalue weighted by molar-refractivity contribution is 0.00646. The van der Waals surface area contributed by atoms with E-state index in [0.29, 0.717) is 6.10 Å². The Labute approximate surface area is 147 Å². The highest BCUT2D eigenvalue weighted by atomic mass is 16.5. The highest BCUT2D eigenvalue weighted by molar-refractivity contribution is 5.22. The Kier molecular flexibility index (Phi) is 8.63. The summed E-state index contributed by atoms with van der Waals surface area (Å²) in [5, 5.41) is 8.49. The van der Waals surface area contributed by atoms with Gasteiger partial charge in [-0.3, -0.25) is 0 Å². The normalized spacial score (nSPS) is 21.0. The fourth-order valence-corrected chi connectivity index (χ4v) is 3.45. The van der Waals surface area contributed by atoms with E-state index in [0.717, 1.165) is 18.9 Å². The summed E-state index contributed by atoms with van der Waals surface area (Å²) in [5.41, 5.74) is 2.73. The lowest BCUT2D eigenvalue weighted by Gasteiger charge is -2.28. The van der Waals surface area contributed by atoms with Gasteiger partial charge in [-0.15, -0.1) is 0 Å². The van der Waals surface area contributed by atoms with Crippen molar-refractivity contribution in [3.05, 3.63) is 47.5 Å². The molecule has 24 heavy (non-hydrogen) atoms. The maximum Gasteiger partial charge on any atom is 0.0908 e. The number of ether oxygens (including phenoxy) is 1. The highest BCUT2D eigenvalue weighted by Crippen LogP contribution is 2.30. The Morgan fingerprint density at radius 1 is 1.12 bits per heavy atom. The first kappa shape index (κ1) is 18.7. The smallest absolute Gasteiger partial charge is 0.0908 e. The second-order valence-electron chi connectivity index (χ2n) is 6.98. The summed E-state index contributed by atoms with van der Waals surface area (Å²) in [6, 6.07) is 11.0. The summed E-state index contributed by atoms with van der Waals surface area (Å²) in [4.78, 5) is 0. The van der Waals surface area contributed by atoms with Crippen LogP contribution in [0.5, 0.6) is 0 Å². The molecule has 0 aliphatic heterocycles. The minimum absolute atomic E-state index is 0.427. The SMILES string of the molecule is CCCCc1ccc(CO[C@H]2CC[C@H](CCC=CC#N)CC2)cc1. The van der Waals surface area contributed by atoms with E-state index in [1.54, 1.807) is 6.08 Å².